The molecule has 0 aliphatic heterocycles. The molecule has 68 valence electrons. The van der Waals surface area contributed by atoms with E-state index in [1.807, 2.05) is 0 Å². The van der Waals surface area contributed by atoms with Gasteiger partial charge >= 0.3 is 0 Å². The van der Waals surface area contributed by atoms with E-state index in [1.165, 1.54) is 12.1 Å². The van der Waals surface area contributed by atoms with Crippen LogP contribution in [0.1, 0.15) is 20.7 Å². The summed E-state index contributed by atoms with van der Waals surface area (Å²) in [6.45, 7) is 0. The first-order valence-corrected chi connectivity index (χ1v) is 4.06. The summed E-state index contributed by atoms with van der Waals surface area (Å²) in [5.41, 5.74) is 5.12. The predicted molar refractivity (Wildman–Crippen MR) is 50.4 cm³/mol. The Bertz CT molecular complexity index is 377. The average Bonchev–Trinajstić information content (AvgIpc) is 2.08. The van der Waals surface area contributed by atoms with E-state index in [0.29, 0.717) is 6.29 Å². The monoisotopic (exact) mass is 217 g/mol. The molecule has 1 aromatic rings. The maximum Gasteiger partial charge on any atom is 0.250 e. The van der Waals surface area contributed by atoms with Crippen molar-refractivity contribution in [2.75, 3.05) is 0 Å². The SMILES string of the molecule is NC(=O)c1c(C=O)ccc(Cl)c1Cl. The molecule has 1 amide bonds. The first kappa shape index (κ1) is 10.0. The van der Waals surface area contributed by atoms with Gasteiger partial charge in [-0.25, -0.2) is 0 Å². The fourth-order valence-electron chi connectivity index (χ4n) is 0.914. The Morgan fingerprint density at radius 1 is 1.38 bits per heavy atom. The molecular weight excluding hydrogens is 213 g/mol. The lowest BCUT2D eigenvalue weighted by Gasteiger charge is -2.03. The second-order valence-electron chi connectivity index (χ2n) is 2.31. The fourth-order valence-corrected chi connectivity index (χ4v) is 1.34. The Hall–Kier alpha value is -1.06. The number of carbonyl (C=O) groups excluding carboxylic acids is 2. The number of aldehydes is 1. The number of carbonyl (C=O) groups is 2. The van der Waals surface area contributed by atoms with Gasteiger partial charge in [-0.05, 0) is 12.1 Å². The van der Waals surface area contributed by atoms with Crippen molar-refractivity contribution in [2.45, 2.75) is 0 Å². The third-order valence-corrected chi connectivity index (χ3v) is 2.30. The average molecular weight is 218 g/mol. The Balaban J connectivity index is 3.50. The highest BCUT2D eigenvalue weighted by atomic mass is 35.5. The van der Waals surface area contributed by atoms with Crippen molar-refractivity contribution in [1.29, 1.82) is 0 Å². The maximum atomic E-state index is 10.9. The van der Waals surface area contributed by atoms with E-state index in [4.69, 9.17) is 28.9 Å². The molecule has 0 saturated carbocycles. The lowest BCUT2D eigenvalue weighted by molar-refractivity contribution is 0.0993. The van der Waals surface area contributed by atoms with E-state index in [9.17, 15) is 9.59 Å². The zero-order valence-corrected chi connectivity index (χ0v) is 7.89. The number of halogens is 2. The molecule has 5 heteroatoms. The second-order valence-corrected chi connectivity index (χ2v) is 3.09. The van der Waals surface area contributed by atoms with Crippen molar-refractivity contribution in [3.63, 3.8) is 0 Å². The molecule has 0 aliphatic carbocycles. The number of benzene rings is 1. The zero-order valence-electron chi connectivity index (χ0n) is 6.38. The quantitative estimate of drug-likeness (QED) is 0.770. The molecule has 3 nitrogen and oxygen atoms in total. The molecule has 2 N–H and O–H groups in total. The van der Waals surface area contributed by atoms with Gasteiger partial charge in [0.25, 0.3) is 5.91 Å². The van der Waals surface area contributed by atoms with E-state index < -0.39 is 5.91 Å². The number of nitrogens with two attached hydrogens (primary N) is 1. The molecule has 0 aliphatic rings. The number of primary amides is 1. The predicted octanol–water partition coefficient (Wildman–Crippen LogP) is 1.90. The van der Waals surface area contributed by atoms with E-state index in [1.54, 1.807) is 0 Å². The number of hydrogen-bond acceptors (Lipinski definition) is 2. The molecule has 0 fully saturated rings. The van der Waals surface area contributed by atoms with E-state index in [-0.39, 0.29) is 21.2 Å². The summed E-state index contributed by atoms with van der Waals surface area (Å²) in [6, 6.07) is 2.82. The van der Waals surface area contributed by atoms with Gasteiger partial charge in [-0.2, -0.15) is 0 Å². The van der Waals surface area contributed by atoms with Gasteiger partial charge in [-0.1, -0.05) is 23.2 Å². The Labute approximate surface area is 84.4 Å². The van der Waals surface area contributed by atoms with Crippen LogP contribution in [0.2, 0.25) is 10.0 Å². The minimum Gasteiger partial charge on any atom is -0.366 e. The van der Waals surface area contributed by atoms with Gasteiger partial charge in [0.05, 0.1) is 15.6 Å². The van der Waals surface area contributed by atoms with Crippen LogP contribution >= 0.6 is 23.2 Å². The van der Waals surface area contributed by atoms with Gasteiger partial charge in [-0.15, -0.1) is 0 Å². The van der Waals surface area contributed by atoms with E-state index >= 15 is 0 Å². The largest absolute Gasteiger partial charge is 0.366 e. The second kappa shape index (κ2) is 3.77. The number of amides is 1. The van der Waals surface area contributed by atoms with E-state index in [2.05, 4.69) is 0 Å². The van der Waals surface area contributed by atoms with Crippen LogP contribution in [0, 0.1) is 0 Å². The summed E-state index contributed by atoms with van der Waals surface area (Å²) in [4.78, 5) is 21.4. The van der Waals surface area contributed by atoms with Crippen LogP contribution in [-0.2, 0) is 0 Å². The van der Waals surface area contributed by atoms with Gasteiger partial charge in [0.2, 0.25) is 0 Å². The number of rotatable bonds is 2. The molecule has 13 heavy (non-hydrogen) atoms. The van der Waals surface area contributed by atoms with Crippen LogP contribution in [-0.4, -0.2) is 12.2 Å². The highest BCUT2D eigenvalue weighted by Gasteiger charge is 2.14. The van der Waals surface area contributed by atoms with Crippen molar-refractivity contribution in [3.05, 3.63) is 33.3 Å². The molecule has 1 rings (SSSR count). The standard InChI is InChI=1S/C8H5Cl2NO2/c9-5-2-1-4(3-12)6(7(5)10)8(11)13/h1-3H,(H2,11,13). The highest BCUT2D eigenvalue weighted by molar-refractivity contribution is 6.44. The molecule has 0 unspecified atom stereocenters. The van der Waals surface area contributed by atoms with Crippen molar-refractivity contribution in [3.8, 4) is 0 Å². The maximum absolute atomic E-state index is 10.9. The van der Waals surface area contributed by atoms with Gasteiger partial charge < -0.3 is 5.73 Å². The minimum atomic E-state index is -0.769. The van der Waals surface area contributed by atoms with Crippen LogP contribution in [0.4, 0.5) is 0 Å². The van der Waals surface area contributed by atoms with Crippen LogP contribution in [0.25, 0.3) is 0 Å². The fraction of sp³-hybridized carbons (Fsp3) is 0. The Kier molecular flexibility index (Phi) is 2.90. The van der Waals surface area contributed by atoms with Crippen molar-refractivity contribution < 1.29 is 9.59 Å². The summed E-state index contributed by atoms with van der Waals surface area (Å²) >= 11 is 11.3. The molecule has 0 radical (unpaired) electrons. The summed E-state index contributed by atoms with van der Waals surface area (Å²) in [6.07, 6.45) is 0.502. The minimum absolute atomic E-state index is 0.0127. The Morgan fingerprint density at radius 2 is 2.00 bits per heavy atom. The molecule has 0 spiro atoms. The van der Waals surface area contributed by atoms with Gasteiger partial charge in [0.15, 0.2) is 6.29 Å². The lowest BCUT2D eigenvalue weighted by atomic mass is 10.1. The molecule has 0 atom stereocenters. The van der Waals surface area contributed by atoms with E-state index in [0.717, 1.165) is 0 Å². The van der Waals surface area contributed by atoms with Crippen LogP contribution in [0.15, 0.2) is 12.1 Å². The van der Waals surface area contributed by atoms with Crippen molar-refractivity contribution in [1.82, 2.24) is 0 Å². The first-order chi connectivity index (χ1) is 6.07. The van der Waals surface area contributed by atoms with Crippen LogP contribution < -0.4 is 5.73 Å². The molecule has 1 aromatic carbocycles. The third-order valence-electron chi connectivity index (χ3n) is 1.50. The van der Waals surface area contributed by atoms with Crippen LogP contribution in [0.5, 0.6) is 0 Å². The molecule has 0 saturated heterocycles. The zero-order chi connectivity index (χ0) is 10.0. The first-order valence-electron chi connectivity index (χ1n) is 3.31. The smallest absolute Gasteiger partial charge is 0.250 e. The third kappa shape index (κ3) is 1.82. The molecular formula is C8H5Cl2NO2. The Morgan fingerprint density at radius 3 is 2.46 bits per heavy atom. The van der Waals surface area contributed by atoms with Crippen molar-refractivity contribution >= 4 is 35.4 Å². The van der Waals surface area contributed by atoms with Gasteiger partial charge in [0.1, 0.15) is 0 Å². The van der Waals surface area contributed by atoms with Gasteiger partial charge in [0, 0.05) is 5.56 Å². The lowest BCUT2D eigenvalue weighted by Crippen LogP contribution is -2.14. The summed E-state index contributed by atoms with van der Waals surface area (Å²) < 4.78 is 0. The molecule has 0 aromatic heterocycles. The normalized spacial score (nSPS) is 9.69. The summed E-state index contributed by atoms with van der Waals surface area (Å²) in [7, 11) is 0. The molecule has 0 heterocycles. The molecule has 0 bridgehead atoms. The number of hydrogen-bond donors (Lipinski definition) is 1. The van der Waals surface area contributed by atoms with Gasteiger partial charge in [-0.3, -0.25) is 9.59 Å². The summed E-state index contributed by atoms with van der Waals surface area (Å²) in [5, 5.41) is 0.208. The van der Waals surface area contributed by atoms with Crippen LogP contribution in [0.3, 0.4) is 0 Å². The highest BCUT2D eigenvalue weighted by Crippen LogP contribution is 2.27. The van der Waals surface area contributed by atoms with Crippen molar-refractivity contribution in [2.24, 2.45) is 5.73 Å². The topological polar surface area (TPSA) is 60.2 Å². The summed E-state index contributed by atoms with van der Waals surface area (Å²) in [5.74, 6) is -0.769.